The number of aryl methyl sites for hydroxylation is 1. The summed E-state index contributed by atoms with van der Waals surface area (Å²) in [4.78, 5) is 25.5. The molecule has 6 nitrogen and oxygen atoms in total. The van der Waals surface area contributed by atoms with Crippen LogP contribution in [0.3, 0.4) is 0 Å². The van der Waals surface area contributed by atoms with Crippen LogP contribution in [-0.4, -0.2) is 17.5 Å². The molecule has 0 radical (unpaired) electrons. The number of hydrogen-bond donors (Lipinski definition) is 2. The average molecular weight is 452 g/mol. The number of fused-ring (bicyclic) bond motifs is 2. The van der Waals surface area contributed by atoms with Gasteiger partial charge < -0.3 is 9.73 Å². The Kier molecular flexibility index (Phi) is 5.95. The van der Waals surface area contributed by atoms with Crippen LogP contribution < -0.4 is 10.7 Å². The van der Waals surface area contributed by atoms with Gasteiger partial charge in [-0.15, -0.1) is 0 Å². The van der Waals surface area contributed by atoms with Gasteiger partial charge in [0.05, 0.1) is 12.1 Å². The number of anilines is 1. The molecule has 6 heteroatoms. The minimum atomic E-state index is -0.296. The molecule has 1 aliphatic rings. The third-order valence-electron chi connectivity index (χ3n) is 6.09. The van der Waals surface area contributed by atoms with E-state index in [2.05, 4.69) is 15.8 Å². The zero-order valence-electron chi connectivity index (χ0n) is 18.9. The summed E-state index contributed by atoms with van der Waals surface area (Å²) in [6.07, 6.45) is 2.54. The van der Waals surface area contributed by atoms with E-state index >= 15 is 0 Å². The van der Waals surface area contributed by atoms with Crippen molar-refractivity contribution >= 4 is 34.0 Å². The van der Waals surface area contributed by atoms with E-state index in [-0.39, 0.29) is 24.0 Å². The summed E-state index contributed by atoms with van der Waals surface area (Å²) in [5.74, 6) is 0.544. The second-order valence-corrected chi connectivity index (χ2v) is 8.44. The number of rotatable bonds is 5. The lowest BCUT2D eigenvalue weighted by Crippen LogP contribution is -2.23. The van der Waals surface area contributed by atoms with E-state index in [0.717, 1.165) is 57.5 Å². The highest BCUT2D eigenvalue weighted by atomic mass is 16.4. The molecule has 0 fully saturated rings. The number of nitrogens with one attached hydrogen (secondary N) is 2. The van der Waals surface area contributed by atoms with E-state index in [0.29, 0.717) is 6.42 Å². The Bertz CT molecular complexity index is 1400. The number of carbonyl (C=O) groups is 2. The Morgan fingerprint density at radius 2 is 1.71 bits per heavy atom. The van der Waals surface area contributed by atoms with E-state index in [1.54, 1.807) is 0 Å². The first-order valence-electron chi connectivity index (χ1n) is 11.4. The van der Waals surface area contributed by atoms with Gasteiger partial charge in [0.25, 0.3) is 5.91 Å². The van der Waals surface area contributed by atoms with Crippen LogP contribution in [0.5, 0.6) is 0 Å². The fourth-order valence-electron chi connectivity index (χ4n) is 4.46. The molecule has 34 heavy (non-hydrogen) atoms. The van der Waals surface area contributed by atoms with Gasteiger partial charge >= 0.3 is 0 Å². The second-order valence-electron chi connectivity index (χ2n) is 8.44. The van der Waals surface area contributed by atoms with Crippen molar-refractivity contribution in [3.63, 3.8) is 0 Å². The second kappa shape index (κ2) is 9.35. The van der Waals surface area contributed by atoms with Crippen LogP contribution in [0.1, 0.15) is 45.8 Å². The van der Waals surface area contributed by atoms with Gasteiger partial charge in [-0.3, -0.25) is 9.59 Å². The number of hydrazone groups is 1. The Hall–Kier alpha value is -4.19. The zero-order valence-corrected chi connectivity index (χ0v) is 18.9. The number of hydrogen-bond acceptors (Lipinski definition) is 4. The van der Waals surface area contributed by atoms with Gasteiger partial charge in [-0.05, 0) is 36.8 Å². The van der Waals surface area contributed by atoms with Crippen LogP contribution in [0.2, 0.25) is 0 Å². The highest BCUT2D eigenvalue weighted by Gasteiger charge is 2.28. The predicted molar refractivity (Wildman–Crippen MR) is 133 cm³/mol. The summed E-state index contributed by atoms with van der Waals surface area (Å²) >= 11 is 0. The van der Waals surface area contributed by atoms with Crippen LogP contribution in [0.4, 0.5) is 5.69 Å². The smallest absolute Gasteiger partial charge is 0.291 e. The zero-order chi connectivity index (χ0) is 23.5. The van der Waals surface area contributed by atoms with E-state index in [1.807, 2.05) is 79.7 Å². The molecular weight excluding hydrogens is 426 g/mol. The summed E-state index contributed by atoms with van der Waals surface area (Å²) in [5, 5.41) is 9.43. The topological polar surface area (TPSA) is 83.7 Å². The minimum Gasteiger partial charge on any atom is -0.455 e. The average Bonchev–Trinajstić information content (AvgIpc) is 3.21. The molecule has 1 aromatic heterocycles. The van der Waals surface area contributed by atoms with E-state index < -0.39 is 0 Å². The fraction of sp³-hybridized carbons (Fsp3) is 0.179. The Labute approximate surface area is 197 Å². The summed E-state index contributed by atoms with van der Waals surface area (Å²) in [7, 11) is 0. The molecule has 0 unspecified atom stereocenters. The van der Waals surface area contributed by atoms with Crippen molar-refractivity contribution < 1.29 is 14.0 Å². The quantitative estimate of drug-likeness (QED) is 0.399. The first-order chi connectivity index (χ1) is 16.6. The molecule has 0 aliphatic heterocycles. The van der Waals surface area contributed by atoms with Crippen LogP contribution in [0.15, 0.2) is 82.3 Å². The Morgan fingerprint density at radius 1 is 0.941 bits per heavy atom. The third-order valence-corrected chi connectivity index (χ3v) is 6.09. The van der Waals surface area contributed by atoms with E-state index in [9.17, 15) is 9.59 Å². The standard InChI is InChI=1S/C28H25N3O3/c1-18-26-23(30-31-25(32)17-19-9-3-2-4-10-19)15-8-16-24(26)34-27(18)28(33)29-22-14-7-12-20-11-5-6-13-21(20)22/h2-7,9-14H,8,15-17H2,1H3,(H,29,33)(H,31,32)/b30-23+. The van der Waals surface area contributed by atoms with Crippen molar-refractivity contribution in [2.45, 2.75) is 32.6 Å². The van der Waals surface area contributed by atoms with Gasteiger partial charge in [-0.25, -0.2) is 5.43 Å². The van der Waals surface area contributed by atoms with Gasteiger partial charge in [-0.1, -0.05) is 66.7 Å². The normalized spacial score (nSPS) is 14.1. The minimum absolute atomic E-state index is 0.180. The molecule has 1 heterocycles. The highest BCUT2D eigenvalue weighted by Crippen LogP contribution is 2.31. The Balaban J connectivity index is 1.37. The summed E-state index contributed by atoms with van der Waals surface area (Å²) in [6.45, 7) is 1.87. The van der Waals surface area contributed by atoms with Gasteiger partial charge in [0, 0.05) is 28.6 Å². The van der Waals surface area contributed by atoms with Crippen LogP contribution >= 0.6 is 0 Å². The molecule has 2 amide bonds. The lowest BCUT2D eigenvalue weighted by Gasteiger charge is -2.13. The largest absolute Gasteiger partial charge is 0.455 e. The van der Waals surface area contributed by atoms with E-state index in [1.165, 1.54) is 0 Å². The van der Waals surface area contributed by atoms with Crippen LogP contribution in [0, 0.1) is 6.92 Å². The molecule has 0 saturated heterocycles. The van der Waals surface area contributed by atoms with Gasteiger partial charge in [0.2, 0.25) is 5.91 Å². The first-order valence-corrected chi connectivity index (χ1v) is 11.4. The maximum absolute atomic E-state index is 13.2. The molecule has 5 rings (SSSR count). The number of carbonyl (C=O) groups excluding carboxylic acids is 2. The molecule has 2 N–H and O–H groups in total. The lowest BCUT2D eigenvalue weighted by molar-refractivity contribution is -0.120. The molecule has 0 bridgehead atoms. The Morgan fingerprint density at radius 3 is 2.56 bits per heavy atom. The van der Waals surface area contributed by atoms with Crippen molar-refractivity contribution in [1.29, 1.82) is 0 Å². The van der Waals surface area contributed by atoms with Crippen LogP contribution in [0.25, 0.3) is 10.8 Å². The molecule has 3 aromatic carbocycles. The number of benzene rings is 3. The summed E-state index contributed by atoms with van der Waals surface area (Å²) < 4.78 is 6.01. The number of furan rings is 1. The van der Waals surface area contributed by atoms with Crippen molar-refractivity contribution in [2.75, 3.05) is 5.32 Å². The van der Waals surface area contributed by atoms with Crippen LogP contribution in [-0.2, 0) is 17.6 Å². The SMILES string of the molecule is Cc1c(C(=O)Nc2cccc3ccccc23)oc2c1/C(=N/NC(=O)Cc1ccccc1)CCC2. The van der Waals surface area contributed by atoms with Crippen molar-refractivity contribution in [3.05, 3.63) is 101 Å². The van der Waals surface area contributed by atoms with Crippen molar-refractivity contribution in [2.24, 2.45) is 5.10 Å². The molecule has 1 aliphatic carbocycles. The number of amides is 2. The van der Waals surface area contributed by atoms with Gasteiger partial charge in [0.1, 0.15) is 5.76 Å². The molecule has 0 saturated carbocycles. The first kappa shape index (κ1) is 21.6. The van der Waals surface area contributed by atoms with E-state index in [4.69, 9.17) is 4.42 Å². The third kappa shape index (κ3) is 4.35. The number of nitrogens with zero attached hydrogens (tertiary/aromatic N) is 1. The molecule has 0 atom stereocenters. The highest BCUT2D eigenvalue weighted by molar-refractivity contribution is 6.11. The molecule has 0 spiro atoms. The molecular formula is C28H25N3O3. The van der Waals surface area contributed by atoms with Crippen molar-refractivity contribution in [3.8, 4) is 0 Å². The van der Waals surface area contributed by atoms with Gasteiger partial charge in [-0.2, -0.15) is 5.10 Å². The summed E-state index contributed by atoms with van der Waals surface area (Å²) in [5.41, 5.74) is 6.65. The maximum atomic E-state index is 13.2. The monoisotopic (exact) mass is 451 g/mol. The lowest BCUT2D eigenvalue weighted by atomic mass is 9.93. The van der Waals surface area contributed by atoms with Crippen molar-refractivity contribution in [1.82, 2.24) is 5.43 Å². The molecule has 4 aromatic rings. The summed E-state index contributed by atoms with van der Waals surface area (Å²) in [6, 6.07) is 23.3. The molecule has 170 valence electrons. The fourth-order valence-corrected chi connectivity index (χ4v) is 4.46. The van der Waals surface area contributed by atoms with Gasteiger partial charge in [0.15, 0.2) is 5.76 Å². The predicted octanol–water partition coefficient (Wildman–Crippen LogP) is 5.39. The maximum Gasteiger partial charge on any atom is 0.291 e.